The molecule has 0 atom stereocenters. The van der Waals surface area contributed by atoms with Gasteiger partial charge < -0.3 is 10.2 Å². The molecule has 1 saturated heterocycles. The third-order valence-corrected chi connectivity index (χ3v) is 4.45. The largest absolute Gasteiger partial charge is 0.370 e. The molecular formula is C19H21ClN2O. The van der Waals surface area contributed by atoms with Crippen LogP contribution < -0.4 is 10.2 Å². The molecular weight excluding hydrogens is 308 g/mol. The number of anilines is 2. The van der Waals surface area contributed by atoms with Crippen LogP contribution >= 0.6 is 11.6 Å². The van der Waals surface area contributed by atoms with E-state index in [-0.39, 0.29) is 5.91 Å². The van der Waals surface area contributed by atoms with E-state index in [0.29, 0.717) is 10.6 Å². The Hall–Kier alpha value is -2.00. The number of benzene rings is 2. The number of nitrogens with one attached hydrogen (secondary N) is 1. The van der Waals surface area contributed by atoms with Crippen molar-refractivity contribution in [1.29, 1.82) is 0 Å². The van der Waals surface area contributed by atoms with Crippen LogP contribution in [0.5, 0.6) is 0 Å². The standard InChI is InChI=1S/C19H21ClN2O/c1-14-5-7-15(8-6-14)19(23)21-17-13-16(20)9-10-18(17)22-11-3-2-4-12-22/h5-10,13H,2-4,11-12H2,1H3,(H,21,23). The van der Waals surface area contributed by atoms with Gasteiger partial charge in [0.2, 0.25) is 0 Å². The monoisotopic (exact) mass is 328 g/mol. The maximum absolute atomic E-state index is 12.5. The zero-order valence-electron chi connectivity index (χ0n) is 13.3. The molecule has 0 aromatic heterocycles. The third-order valence-electron chi connectivity index (χ3n) is 4.22. The normalized spacial score (nSPS) is 14.6. The van der Waals surface area contributed by atoms with Gasteiger partial charge in [-0.2, -0.15) is 0 Å². The van der Waals surface area contributed by atoms with E-state index in [1.165, 1.54) is 19.3 Å². The average Bonchev–Trinajstić information content (AvgIpc) is 2.56. The Balaban J connectivity index is 1.84. The van der Waals surface area contributed by atoms with Gasteiger partial charge in [-0.25, -0.2) is 0 Å². The van der Waals surface area contributed by atoms with Gasteiger partial charge in [-0.05, 0) is 56.5 Å². The van der Waals surface area contributed by atoms with E-state index in [4.69, 9.17) is 11.6 Å². The lowest BCUT2D eigenvalue weighted by molar-refractivity contribution is 0.102. The van der Waals surface area contributed by atoms with E-state index < -0.39 is 0 Å². The van der Waals surface area contributed by atoms with Gasteiger partial charge in [0.05, 0.1) is 11.4 Å². The topological polar surface area (TPSA) is 32.3 Å². The molecule has 4 heteroatoms. The summed E-state index contributed by atoms with van der Waals surface area (Å²) in [4.78, 5) is 14.8. The first-order valence-corrected chi connectivity index (χ1v) is 8.44. The molecule has 0 saturated carbocycles. The summed E-state index contributed by atoms with van der Waals surface area (Å²) in [6.45, 7) is 4.05. The van der Waals surface area contributed by atoms with Gasteiger partial charge in [0.1, 0.15) is 0 Å². The van der Waals surface area contributed by atoms with Crippen LogP contribution in [0.2, 0.25) is 5.02 Å². The Morgan fingerprint density at radius 2 is 1.74 bits per heavy atom. The zero-order chi connectivity index (χ0) is 16.2. The van der Waals surface area contributed by atoms with Crippen LogP contribution in [-0.2, 0) is 0 Å². The number of carbonyl (C=O) groups excluding carboxylic acids is 1. The van der Waals surface area contributed by atoms with Gasteiger partial charge in [-0.3, -0.25) is 4.79 Å². The number of carbonyl (C=O) groups is 1. The Morgan fingerprint density at radius 3 is 2.43 bits per heavy atom. The number of rotatable bonds is 3. The van der Waals surface area contributed by atoms with Gasteiger partial charge in [-0.15, -0.1) is 0 Å². The molecule has 2 aromatic rings. The van der Waals surface area contributed by atoms with Gasteiger partial charge in [0, 0.05) is 23.7 Å². The number of nitrogens with zero attached hydrogens (tertiary/aromatic N) is 1. The lowest BCUT2D eigenvalue weighted by Gasteiger charge is -2.30. The summed E-state index contributed by atoms with van der Waals surface area (Å²) in [5.74, 6) is -0.106. The second kappa shape index (κ2) is 7.05. The lowest BCUT2D eigenvalue weighted by Crippen LogP contribution is -2.30. The maximum Gasteiger partial charge on any atom is 0.255 e. The predicted molar refractivity (Wildman–Crippen MR) is 96.6 cm³/mol. The minimum atomic E-state index is -0.106. The third kappa shape index (κ3) is 3.85. The minimum Gasteiger partial charge on any atom is -0.370 e. The summed E-state index contributed by atoms with van der Waals surface area (Å²) >= 11 is 6.14. The SMILES string of the molecule is Cc1ccc(C(=O)Nc2cc(Cl)ccc2N2CCCCC2)cc1. The predicted octanol–water partition coefficient (Wildman–Crippen LogP) is 4.89. The molecule has 1 amide bonds. The van der Waals surface area contributed by atoms with Crippen molar-refractivity contribution in [1.82, 2.24) is 0 Å². The van der Waals surface area contributed by atoms with Crippen LogP contribution in [0.4, 0.5) is 11.4 Å². The summed E-state index contributed by atoms with van der Waals surface area (Å²) in [7, 11) is 0. The number of aryl methyl sites for hydroxylation is 1. The summed E-state index contributed by atoms with van der Waals surface area (Å²) in [6.07, 6.45) is 3.65. The molecule has 1 aliphatic rings. The van der Waals surface area contributed by atoms with Crippen molar-refractivity contribution in [3.05, 3.63) is 58.6 Å². The number of hydrogen-bond donors (Lipinski definition) is 1. The second-order valence-electron chi connectivity index (χ2n) is 6.03. The average molecular weight is 329 g/mol. The summed E-state index contributed by atoms with van der Waals surface area (Å²) in [5.41, 5.74) is 3.62. The molecule has 0 bridgehead atoms. The molecule has 1 aliphatic heterocycles. The van der Waals surface area contributed by atoms with Crippen LogP contribution in [0.25, 0.3) is 0 Å². The van der Waals surface area contributed by atoms with E-state index in [9.17, 15) is 4.79 Å². The van der Waals surface area contributed by atoms with Crippen LogP contribution in [0.15, 0.2) is 42.5 Å². The Morgan fingerprint density at radius 1 is 1.04 bits per heavy atom. The molecule has 0 radical (unpaired) electrons. The molecule has 1 heterocycles. The number of amides is 1. The lowest BCUT2D eigenvalue weighted by atomic mass is 10.1. The summed E-state index contributed by atoms with van der Waals surface area (Å²) in [5, 5.41) is 3.65. The van der Waals surface area contributed by atoms with Crippen LogP contribution in [-0.4, -0.2) is 19.0 Å². The molecule has 2 aromatic carbocycles. The van der Waals surface area contributed by atoms with Crippen molar-refractivity contribution in [2.24, 2.45) is 0 Å². The van der Waals surface area contributed by atoms with Crippen molar-refractivity contribution in [2.75, 3.05) is 23.3 Å². The molecule has 1 fully saturated rings. The first-order chi connectivity index (χ1) is 11.1. The molecule has 1 N–H and O–H groups in total. The van der Waals surface area contributed by atoms with Crippen LogP contribution in [0.1, 0.15) is 35.2 Å². The van der Waals surface area contributed by atoms with E-state index >= 15 is 0 Å². The molecule has 0 spiro atoms. The zero-order valence-corrected chi connectivity index (χ0v) is 14.1. The van der Waals surface area contributed by atoms with Gasteiger partial charge in [0.15, 0.2) is 0 Å². The summed E-state index contributed by atoms with van der Waals surface area (Å²) < 4.78 is 0. The van der Waals surface area contributed by atoms with E-state index in [2.05, 4.69) is 10.2 Å². The Kier molecular flexibility index (Phi) is 4.87. The molecule has 23 heavy (non-hydrogen) atoms. The molecule has 0 aliphatic carbocycles. The Labute approximate surface area is 142 Å². The van der Waals surface area contributed by atoms with Gasteiger partial charge in [-0.1, -0.05) is 29.3 Å². The van der Waals surface area contributed by atoms with Gasteiger partial charge >= 0.3 is 0 Å². The smallest absolute Gasteiger partial charge is 0.255 e. The molecule has 3 nitrogen and oxygen atoms in total. The highest BCUT2D eigenvalue weighted by atomic mass is 35.5. The van der Waals surface area contributed by atoms with E-state index in [0.717, 1.165) is 30.0 Å². The fourth-order valence-corrected chi connectivity index (χ4v) is 3.09. The fraction of sp³-hybridized carbons (Fsp3) is 0.316. The van der Waals surface area contributed by atoms with Crippen molar-refractivity contribution in [3.63, 3.8) is 0 Å². The van der Waals surface area contributed by atoms with Crippen LogP contribution in [0, 0.1) is 6.92 Å². The molecule has 0 unspecified atom stereocenters. The van der Waals surface area contributed by atoms with Crippen molar-refractivity contribution in [3.8, 4) is 0 Å². The van der Waals surface area contributed by atoms with Crippen molar-refractivity contribution < 1.29 is 4.79 Å². The van der Waals surface area contributed by atoms with Gasteiger partial charge in [0.25, 0.3) is 5.91 Å². The second-order valence-corrected chi connectivity index (χ2v) is 6.47. The van der Waals surface area contributed by atoms with Crippen LogP contribution in [0.3, 0.4) is 0 Å². The van der Waals surface area contributed by atoms with E-state index in [1.54, 1.807) is 0 Å². The number of piperidine rings is 1. The first-order valence-electron chi connectivity index (χ1n) is 8.06. The highest BCUT2D eigenvalue weighted by Gasteiger charge is 2.16. The quantitative estimate of drug-likeness (QED) is 0.870. The molecule has 3 rings (SSSR count). The first kappa shape index (κ1) is 15.9. The highest BCUT2D eigenvalue weighted by Crippen LogP contribution is 2.31. The number of hydrogen-bond acceptors (Lipinski definition) is 2. The highest BCUT2D eigenvalue weighted by molar-refractivity contribution is 6.31. The summed E-state index contributed by atoms with van der Waals surface area (Å²) in [6, 6.07) is 13.3. The Bertz CT molecular complexity index is 691. The molecule has 120 valence electrons. The fourth-order valence-electron chi connectivity index (χ4n) is 2.92. The van der Waals surface area contributed by atoms with Crippen molar-refractivity contribution >= 4 is 28.9 Å². The number of halogens is 1. The van der Waals surface area contributed by atoms with Crippen molar-refractivity contribution in [2.45, 2.75) is 26.2 Å². The van der Waals surface area contributed by atoms with E-state index in [1.807, 2.05) is 49.4 Å². The maximum atomic E-state index is 12.5. The minimum absolute atomic E-state index is 0.106.